The molecule has 5 rings (SSSR count). The van der Waals surface area contributed by atoms with E-state index in [0.717, 1.165) is 5.57 Å². The van der Waals surface area contributed by atoms with Gasteiger partial charge >= 0.3 is 17.9 Å². The molecule has 0 spiro atoms. The number of cyclic esters (lactones) is 1. The molecule has 18 nitrogen and oxygen atoms in total. The number of ether oxygens (including phenoxy) is 9. The number of rotatable bonds is 9. The Hall–Kier alpha value is -4.43. The van der Waals surface area contributed by atoms with Crippen LogP contribution in [0.2, 0.25) is 0 Å². The number of Topliss-reactive ketones (excluding diaryl/α,β-unsaturated/α-hetero) is 3. The summed E-state index contributed by atoms with van der Waals surface area (Å²) >= 11 is 0. The Balaban J connectivity index is 1.47. The third-order valence-corrected chi connectivity index (χ3v) is 16.9. The first-order valence-corrected chi connectivity index (χ1v) is 28.6. The number of piperidine rings is 1. The van der Waals surface area contributed by atoms with Crippen molar-refractivity contribution in [2.45, 2.75) is 214 Å². The molecule has 1 amide bonds. The lowest BCUT2D eigenvalue weighted by molar-refractivity contribution is -0.283. The van der Waals surface area contributed by atoms with Gasteiger partial charge in [-0.3, -0.25) is 28.8 Å². The van der Waals surface area contributed by atoms with E-state index in [1.54, 1.807) is 68.8 Å². The summed E-state index contributed by atoms with van der Waals surface area (Å²) in [5.74, 6) is -10.5. The monoisotopic (exact) mass is 1110 g/mol. The van der Waals surface area contributed by atoms with Gasteiger partial charge in [0.1, 0.15) is 29.4 Å². The minimum atomic E-state index is -2.47. The zero-order chi connectivity index (χ0) is 58.6. The summed E-state index contributed by atoms with van der Waals surface area (Å²) in [6.45, 7) is 19.5. The van der Waals surface area contributed by atoms with E-state index in [1.165, 1.54) is 18.9 Å². The SMILES string of the molecule is CO[C@H]1C[C@@H]2CC[C@@H](C)[C@@](O)(O2)C(=O)C(=O)N2CCCC[C@H]2C(=O)O[C@H]([C@H](C)C[C@@H]2CC[C@@H](OC(=O)C3(C)COC(C)(C)OC3)[C@H](OC)C2)CC(=O)[C@H](C)/C=C(\C)[C@@H](OC(C)=O)[C@@H](OC)C(=O)[C@H](C)C[C@H](C)/C=C/C=CC=C1C. The van der Waals surface area contributed by atoms with Crippen molar-refractivity contribution >= 4 is 41.2 Å². The van der Waals surface area contributed by atoms with Crippen LogP contribution in [0.1, 0.15) is 153 Å². The molecule has 0 unspecified atom stereocenters. The highest BCUT2D eigenvalue weighted by Gasteiger charge is 2.53. The van der Waals surface area contributed by atoms with Crippen LogP contribution in [-0.2, 0) is 76.2 Å². The minimum Gasteiger partial charge on any atom is -0.460 e. The number of nitrogens with zero attached hydrogens (tertiary/aromatic N) is 1. The van der Waals surface area contributed by atoms with Crippen molar-refractivity contribution in [3.05, 3.63) is 47.6 Å². The number of ketones is 3. The van der Waals surface area contributed by atoms with E-state index >= 15 is 0 Å². The fourth-order valence-corrected chi connectivity index (χ4v) is 11.7. The molecule has 15 atom stereocenters. The summed E-state index contributed by atoms with van der Waals surface area (Å²) in [7, 11) is 4.52. The van der Waals surface area contributed by atoms with Gasteiger partial charge < -0.3 is 52.6 Å². The molecule has 0 radical (unpaired) electrons. The van der Waals surface area contributed by atoms with E-state index in [4.69, 9.17) is 42.6 Å². The fraction of sp³-hybridized carbons (Fsp3) is 0.754. The van der Waals surface area contributed by atoms with Crippen LogP contribution in [0.5, 0.6) is 0 Å². The first-order valence-electron chi connectivity index (χ1n) is 28.6. The Bertz CT molecular complexity index is 2260. The number of fused-ring (bicyclic) bond motifs is 3. The normalized spacial score (nSPS) is 36.6. The van der Waals surface area contributed by atoms with Crippen LogP contribution < -0.4 is 0 Å². The van der Waals surface area contributed by atoms with Gasteiger partial charge in [-0.2, -0.15) is 0 Å². The van der Waals surface area contributed by atoms with E-state index in [2.05, 4.69) is 0 Å². The van der Waals surface area contributed by atoms with Crippen LogP contribution in [-0.4, -0.2) is 153 Å². The third-order valence-electron chi connectivity index (χ3n) is 16.9. The molecule has 444 valence electrons. The van der Waals surface area contributed by atoms with Crippen LogP contribution in [0.4, 0.5) is 0 Å². The number of hydrogen-bond acceptors (Lipinski definition) is 17. The van der Waals surface area contributed by atoms with E-state index in [0.29, 0.717) is 63.4 Å². The number of aliphatic hydroxyl groups is 1. The Morgan fingerprint density at radius 1 is 0.797 bits per heavy atom. The Kier molecular flexibility index (Phi) is 24.0. The van der Waals surface area contributed by atoms with Crippen molar-refractivity contribution in [2.75, 3.05) is 41.1 Å². The number of esters is 3. The Labute approximate surface area is 469 Å². The highest BCUT2D eigenvalue weighted by molar-refractivity contribution is 6.39. The topological polar surface area (TPSA) is 226 Å². The largest absolute Gasteiger partial charge is 0.460 e. The van der Waals surface area contributed by atoms with Crippen molar-refractivity contribution in [3.63, 3.8) is 0 Å². The van der Waals surface area contributed by atoms with Gasteiger partial charge in [-0.05, 0) is 128 Å². The van der Waals surface area contributed by atoms with Gasteiger partial charge in [-0.1, -0.05) is 71.1 Å². The van der Waals surface area contributed by atoms with Crippen molar-refractivity contribution in [1.29, 1.82) is 0 Å². The van der Waals surface area contributed by atoms with Gasteiger partial charge in [0, 0.05) is 65.4 Å². The van der Waals surface area contributed by atoms with E-state index in [9.17, 15) is 38.7 Å². The maximum Gasteiger partial charge on any atom is 0.329 e. The van der Waals surface area contributed by atoms with Gasteiger partial charge in [0.2, 0.25) is 5.79 Å². The molecule has 1 aliphatic carbocycles. The quantitative estimate of drug-likeness (QED) is 0.0996. The summed E-state index contributed by atoms with van der Waals surface area (Å²) in [6.07, 6.45) is 10.4. The molecule has 1 N–H and O–H groups in total. The van der Waals surface area contributed by atoms with Gasteiger partial charge in [0.15, 0.2) is 23.8 Å². The van der Waals surface area contributed by atoms with E-state index in [-0.39, 0.29) is 62.4 Å². The van der Waals surface area contributed by atoms with E-state index in [1.807, 2.05) is 51.2 Å². The zero-order valence-electron chi connectivity index (χ0n) is 49.6. The van der Waals surface area contributed by atoms with Crippen molar-refractivity contribution < 1.29 is 81.3 Å². The minimum absolute atomic E-state index is 0.00612. The summed E-state index contributed by atoms with van der Waals surface area (Å²) in [5, 5.41) is 12.1. The average Bonchev–Trinajstić information content (AvgIpc) is 3.43. The number of carbonyl (C=O) groups excluding carboxylic acids is 7. The fourth-order valence-electron chi connectivity index (χ4n) is 11.7. The highest BCUT2D eigenvalue weighted by Crippen LogP contribution is 2.39. The maximum atomic E-state index is 14.7. The molecule has 3 saturated heterocycles. The third kappa shape index (κ3) is 17.3. The summed E-state index contributed by atoms with van der Waals surface area (Å²) < 4.78 is 53.6. The van der Waals surface area contributed by atoms with Gasteiger partial charge in [-0.25, -0.2) is 4.79 Å². The summed E-state index contributed by atoms with van der Waals surface area (Å²) in [4.78, 5) is 99.7. The lowest BCUT2D eigenvalue weighted by atomic mass is 9.78. The van der Waals surface area contributed by atoms with Crippen molar-refractivity contribution in [1.82, 2.24) is 4.90 Å². The lowest BCUT2D eigenvalue weighted by Crippen LogP contribution is -2.61. The Morgan fingerprint density at radius 3 is 2.14 bits per heavy atom. The standard InChI is InChI=1S/C61H93NO17/c1-36-20-16-15-17-21-37(2)49(71-12)32-45-25-23-42(7)61(70,79-45)55(66)56(67)62-27-19-18-22-46(62)57(68)77-50(33-47(64)38(3)29-41(6)53(76-43(8)63)54(73-14)52(65)40(5)28-36)39(4)30-44-24-26-48(51(31-44)72-13)78-58(69)60(11)34-74-59(9,10)75-35-60/h15-17,20-21,29,36,38-40,42,44-46,48-51,53-54,70H,18-19,22-28,30-35H2,1-14H3/b17-15?,20-16+,37-21?,41-29+/t36-,38-,39-,40-,42-,44+,45+,46+,48-,49+,50+,51-,53-,54+,61-/m1/s1. The number of allylic oxidation sites excluding steroid dienone is 6. The molecule has 0 aromatic carbocycles. The van der Waals surface area contributed by atoms with Crippen LogP contribution in [0, 0.1) is 40.9 Å². The number of carbonyl (C=O) groups is 7. The molecular weight excluding hydrogens is 1020 g/mol. The zero-order valence-corrected chi connectivity index (χ0v) is 49.6. The van der Waals surface area contributed by atoms with E-state index < -0.39 is 119 Å². The molecule has 18 heteroatoms. The average molecular weight is 1110 g/mol. The number of hydrogen-bond donors (Lipinski definition) is 1. The van der Waals surface area contributed by atoms with Crippen LogP contribution in [0.15, 0.2) is 47.6 Å². The number of methoxy groups -OCH3 is 3. The molecule has 5 aliphatic rings. The van der Waals surface area contributed by atoms with Crippen LogP contribution in [0.3, 0.4) is 0 Å². The first kappa shape index (κ1) is 65.4. The summed E-state index contributed by atoms with van der Waals surface area (Å²) in [5.41, 5.74) is 0.273. The predicted octanol–water partition coefficient (Wildman–Crippen LogP) is 8.09. The van der Waals surface area contributed by atoms with Crippen molar-refractivity contribution in [3.8, 4) is 0 Å². The molecule has 4 fully saturated rings. The second kappa shape index (κ2) is 29.0. The smallest absolute Gasteiger partial charge is 0.329 e. The molecule has 0 aromatic heterocycles. The maximum absolute atomic E-state index is 14.7. The molecule has 4 heterocycles. The Morgan fingerprint density at radius 2 is 1.49 bits per heavy atom. The lowest BCUT2D eigenvalue weighted by Gasteiger charge is -2.43. The van der Waals surface area contributed by atoms with Gasteiger partial charge in [0.05, 0.1) is 31.5 Å². The first-order chi connectivity index (χ1) is 37.2. The van der Waals surface area contributed by atoms with Crippen molar-refractivity contribution in [2.24, 2.45) is 40.9 Å². The predicted molar refractivity (Wildman–Crippen MR) is 293 cm³/mol. The van der Waals surface area contributed by atoms with Crippen LogP contribution in [0.25, 0.3) is 0 Å². The molecule has 4 aliphatic heterocycles. The molecule has 2 bridgehead atoms. The highest BCUT2D eigenvalue weighted by atomic mass is 16.7. The molecular formula is C61H93NO17. The molecule has 0 aromatic rings. The second-order valence-electron chi connectivity index (χ2n) is 24.1. The van der Waals surface area contributed by atoms with Gasteiger partial charge in [0.25, 0.3) is 11.7 Å². The van der Waals surface area contributed by atoms with Gasteiger partial charge in [-0.15, -0.1) is 0 Å². The molecule has 1 saturated carbocycles. The molecule has 79 heavy (non-hydrogen) atoms. The van der Waals surface area contributed by atoms with Crippen LogP contribution >= 0.6 is 0 Å². The second-order valence-corrected chi connectivity index (χ2v) is 24.1. The summed E-state index contributed by atoms with van der Waals surface area (Å²) in [6, 6.07) is -1.20. The number of amides is 1.